The Kier molecular flexibility index (Phi) is 4.12. The van der Waals surface area contributed by atoms with Crippen molar-refractivity contribution in [3.63, 3.8) is 0 Å². The molecule has 3 nitrogen and oxygen atoms in total. The molecule has 0 aromatic rings. The number of nitrogens with zero attached hydrogens (tertiary/aromatic N) is 2. The van der Waals surface area contributed by atoms with Gasteiger partial charge in [0.15, 0.2) is 5.78 Å². The zero-order valence-corrected chi connectivity index (χ0v) is 8.99. The fourth-order valence-electron chi connectivity index (χ4n) is 1.72. The lowest BCUT2D eigenvalue weighted by Gasteiger charge is -2.36. The van der Waals surface area contributed by atoms with Gasteiger partial charge in [-0.15, -0.1) is 12.3 Å². The van der Waals surface area contributed by atoms with E-state index in [0.29, 0.717) is 12.8 Å². The van der Waals surface area contributed by atoms with Gasteiger partial charge in [0.05, 0.1) is 6.04 Å². The van der Waals surface area contributed by atoms with Crippen molar-refractivity contribution in [1.29, 1.82) is 0 Å². The van der Waals surface area contributed by atoms with Crippen LogP contribution in [-0.4, -0.2) is 55.4 Å². The molecular formula is C11H18N2O. The van der Waals surface area contributed by atoms with Gasteiger partial charge in [-0.3, -0.25) is 9.69 Å². The first-order valence-corrected chi connectivity index (χ1v) is 5.00. The molecule has 0 radical (unpaired) electrons. The zero-order chi connectivity index (χ0) is 10.6. The molecule has 0 saturated carbocycles. The highest BCUT2D eigenvalue weighted by atomic mass is 16.1. The molecule has 14 heavy (non-hydrogen) atoms. The summed E-state index contributed by atoms with van der Waals surface area (Å²) in [6, 6.07) is 0.0436. The summed E-state index contributed by atoms with van der Waals surface area (Å²) in [6.07, 6.45) is 6.22. The molecule has 0 spiro atoms. The van der Waals surface area contributed by atoms with Crippen LogP contribution in [-0.2, 0) is 4.79 Å². The van der Waals surface area contributed by atoms with Crippen LogP contribution in [0.25, 0.3) is 0 Å². The molecule has 0 aliphatic carbocycles. The third-order valence-electron chi connectivity index (χ3n) is 2.74. The first-order valence-electron chi connectivity index (χ1n) is 5.00. The number of carbonyl (C=O) groups excluding carboxylic acids is 1. The lowest BCUT2D eigenvalue weighted by Crippen LogP contribution is -2.53. The summed E-state index contributed by atoms with van der Waals surface area (Å²) >= 11 is 0. The summed E-state index contributed by atoms with van der Waals surface area (Å²) in [5.74, 6) is 2.79. The average molecular weight is 194 g/mol. The van der Waals surface area contributed by atoms with Crippen LogP contribution in [0.15, 0.2) is 0 Å². The van der Waals surface area contributed by atoms with Gasteiger partial charge in [0, 0.05) is 32.5 Å². The number of Topliss-reactive ketones (excluding diaryl/α,β-unsaturated/α-hetero) is 1. The normalized spacial score (nSPS) is 24.5. The minimum absolute atomic E-state index is 0.0436. The van der Waals surface area contributed by atoms with Crippen molar-refractivity contribution < 1.29 is 4.79 Å². The van der Waals surface area contributed by atoms with Crippen LogP contribution in [0.2, 0.25) is 0 Å². The maximum absolute atomic E-state index is 11.7. The van der Waals surface area contributed by atoms with Gasteiger partial charge in [-0.05, 0) is 14.1 Å². The highest BCUT2D eigenvalue weighted by Crippen LogP contribution is 2.09. The highest BCUT2D eigenvalue weighted by molar-refractivity contribution is 5.84. The predicted molar refractivity (Wildman–Crippen MR) is 57.0 cm³/mol. The van der Waals surface area contributed by atoms with Crippen LogP contribution < -0.4 is 0 Å². The van der Waals surface area contributed by atoms with E-state index in [1.54, 1.807) is 0 Å². The molecule has 1 aliphatic rings. The molecule has 1 saturated heterocycles. The lowest BCUT2D eigenvalue weighted by atomic mass is 10.0. The van der Waals surface area contributed by atoms with Gasteiger partial charge in [0.25, 0.3) is 0 Å². The van der Waals surface area contributed by atoms with Crippen LogP contribution in [0.4, 0.5) is 0 Å². The number of ketones is 1. The Labute approximate surface area is 86.1 Å². The SMILES string of the molecule is C#CCCC(=O)C1CN(C)CCN1C. The minimum Gasteiger partial charge on any atom is -0.303 e. The monoisotopic (exact) mass is 194 g/mol. The molecule has 1 unspecified atom stereocenters. The van der Waals surface area contributed by atoms with E-state index in [2.05, 4.69) is 22.8 Å². The van der Waals surface area contributed by atoms with E-state index in [1.807, 2.05) is 7.05 Å². The molecular weight excluding hydrogens is 176 g/mol. The van der Waals surface area contributed by atoms with E-state index in [9.17, 15) is 4.79 Å². The van der Waals surface area contributed by atoms with E-state index >= 15 is 0 Å². The molecule has 0 bridgehead atoms. The number of terminal acetylenes is 1. The van der Waals surface area contributed by atoms with Gasteiger partial charge in [-0.25, -0.2) is 0 Å². The molecule has 0 amide bonds. The van der Waals surface area contributed by atoms with Gasteiger partial charge in [0.2, 0.25) is 0 Å². The third kappa shape index (κ3) is 2.83. The maximum atomic E-state index is 11.7. The van der Waals surface area contributed by atoms with Gasteiger partial charge >= 0.3 is 0 Å². The van der Waals surface area contributed by atoms with Crippen molar-refractivity contribution in [2.75, 3.05) is 33.7 Å². The van der Waals surface area contributed by atoms with Gasteiger partial charge < -0.3 is 4.90 Å². The average Bonchev–Trinajstić information content (AvgIpc) is 2.18. The second-order valence-corrected chi connectivity index (χ2v) is 3.93. The fraction of sp³-hybridized carbons (Fsp3) is 0.727. The maximum Gasteiger partial charge on any atom is 0.152 e. The summed E-state index contributed by atoms with van der Waals surface area (Å²) in [4.78, 5) is 16.1. The Hall–Kier alpha value is -0.850. The molecule has 1 heterocycles. The van der Waals surface area contributed by atoms with Gasteiger partial charge in [-0.1, -0.05) is 0 Å². The van der Waals surface area contributed by atoms with Crippen molar-refractivity contribution in [2.24, 2.45) is 0 Å². The summed E-state index contributed by atoms with van der Waals surface area (Å²) in [5.41, 5.74) is 0. The second kappa shape index (κ2) is 5.14. The minimum atomic E-state index is 0.0436. The van der Waals surface area contributed by atoms with E-state index in [0.717, 1.165) is 19.6 Å². The molecule has 0 aromatic carbocycles. The Balaban J connectivity index is 2.48. The van der Waals surface area contributed by atoms with Crippen molar-refractivity contribution in [2.45, 2.75) is 18.9 Å². The van der Waals surface area contributed by atoms with Crippen LogP contribution in [0.1, 0.15) is 12.8 Å². The van der Waals surface area contributed by atoms with Crippen LogP contribution in [0.3, 0.4) is 0 Å². The van der Waals surface area contributed by atoms with Crippen LogP contribution in [0, 0.1) is 12.3 Å². The number of hydrogen-bond donors (Lipinski definition) is 0. The smallest absolute Gasteiger partial charge is 0.152 e. The number of carbonyl (C=O) groups is 1. The summed E-state index contributed by atoms with van der Waals surface area (Å²) < 4.78 is 0. The standard InChI is InChI=1S/C11H18N2O/c1-4-5-6-11(14)10-9-12(2)7-8-13(10)3/h1,10H,5-9H2,2-3H3. The molecule has 1 atom stereocenters. The fourth-order valence-corrected chi connectivity index (χ4v) is 1.72. The van der Waals surface area contributed by atoms with E-state index in [-0.39, 0.29) is 11.8 Å². The highest BCUT2D eigenvalue weighted by Gasteiger charge is 2.27. The zero-order valence-electron chi connectivity index (χ0n) is 8.99. The molecule has 78 valence electrons. The molecule has 1 rings (SSSR count). The Morgan fingerprint density at radius 1 is 1.50 bits per heavy atom. The first kappa shape index (κ1) is 11.2. The van der Waals surface area contributed by atoms with Crippen LogP contribution in [0.5, 0.6) is 0 Å². The molecule has 1 aliphatic heterocycles. The van der Waals surface area contributed by atoms with Gasteiger partial charge in [0.1, 0.15) is 0 Å². The quantitative estimate of drug-likeness (QED) is 0.600. The molecule has 0 N–H and O–H groups in total. The summed E-state index contributed by atoms with van der Waals surface area (Å²) in [5, 5.41) is 0. The van der Waals surface area contributed by atoms with Crippen molar-refractivity contribution in [1.82, 2.24) is 9.80 Å². The largest absolute Gasteiger partial charge is 0.303 e. The Bertz CT molecular complexity index is 244. The van der Waals surface area contributed by atoms with Crippen LogP contribution >= 0.6 is 0 Å². The van der Waals surface area contributed by atoms with Crippen molar-refractivity contribution >= 4 is 5.78 Å². The van der Waals surface area contributed by atoms with Crippen molar-refractivity contribution in [3.8, 4) is 12.3 Å². The predicted octanol–water partition coefficient (Wildman–Crippen LogP) is 0.215. The van der Waals surface area contributed by atoms with E-state index in [4.69, 9.17) is 6.42 Å². The topological polar surface area (TPSA) is 23.6 Å². The number of rotatable bonds is 3. The number of likely N-dealkylation sites (N-methyl/N-ethyl adjacent to an activating group) is 2. The summed E-state index contributed by atoms with van der Waals surface area (Å²) in [7, 11) is 4.06. The Morgan fingerprint density at radius 2 is 2.21 bits per heavy atom. The lowest BCUT2D eigenvalue weighted by molar-refractivity contribution is -0.125. The second-order valence-electron chi connectivity index (χ2n) is 3.93. The van der Waals surface area contributed by atoms with Crippen molar-refractivity contribution in [3.05, 3.63) is 0 Å². The first-order chi connectivity index (χ1) is 6.65. The number of piperazine rings is 1. The molecule has 3 heteroatoms. The Morgan fingerprint density at radius 3 is 2.86 bits per heavy atom. The summed E-state index contributed by atoms with van der Waals surface area (Å²) in [6.45, 7) is 2.83. The number of hydrogen-bond acceptors (Lipinski definition) is 3. The molecule has 0 aromatic heterocycles. The molecule has 1 fully saturated rings. The third-order valence-corrected chi connectivity index (χ3v) is 2.74. The van der Waals surface area contributed by atoms with E-state index < -0.39 is 0 Å². The van der Waals surface area contributed by atoms with Gasteiger partial charge in [-0.2, -0.15) is 0 Å². The van der Waals surface area contributed by atoms with E-state index in [1.165, 1.54) is 0 Å².